The lowest BCUT2D eigenvalue weighted by molar-refractivity contribution is -0.149. The van der Waals surface area contributed by atoms with Gasteiger partial charge in [0.05, 0.1) is 6.10 Å². The Morgan fingerprint density at radius 2 is 2.21 bits per heavy atom. The highest BCUT2D eigenvalue weighted by Crippen LogP contribution is 2.19. The van der Waals surface area contributed by atoms with Crippen LogP contribution in [0.3, 0.4) is 0 Å². The SMILES string of the molecule is CCC(=O)NCC1CCC(C(=O)O)O1. The maximum atomic E-state index is 10.9. The standard InChI is InChI=1S/C9H15NO4/c1-2-8(11)10-5-6-3-4-7(14-6)9(12)13/h6-7H,2-5H2,1H3,(H,10,11)(H,12,13). The molecule has 1 amide bonds. The first-order valence-corrected chi connectivity index (χ1v) is 4.78. The number of rotatable bonds is 4. The number of carboxylic acid groups (broad SMARTS) is 1. The number of carboxylic acids is 1. The Bertz CT molecular complexity index is 229. The van der Waals surface area contributed by atoms with E-state index in [1.807, 2.05) is 0 Å². The summed E-state index contributed by atoms with van der Waals surface area (Å²) in [7, 11) is 0. The molecule has 0 aromatic heterocycles. The lowest BCUT2D eigenvalue weighted by atomic mass is 10.2. The van der Waals surface area contributed by atoms with Crippen LogP contribution < -0.4 is 5.32 Å². The van der Waals surface area contributed by atoms with Gasteiger partial charge in [0.15, 0.2) is 6.10 Å². The summed E-state index contributed by atoms with van der Waals surface area (Å²) in [5.41, 5.74) is 0. The summed E-state index contributed by atoms with van der Waals surface area (Å²) in [6.45, 7) is 2.18. The fraction of sp³-hybridized carbons (Fsp3) is 0.778. The molecule has 1 aliphatic rings. The van der Waals surface area contributed by atoms with Gasteiger partial charge in [-0.05, 0) is 12.8 Å². The summed E-state index contributed by atoms with van der Waals surface area (Å²) >= 11 is 0. The highest BCUT2D eigenvalue weighted by molar-refractivity contribution is 5.75. The highest BCUT2D eigenvalue weighted by Gasteiger charge is 2.30. The lowest BCUT2D eigenvalue weighted by Crippen LogP contribution is -2.32. The van der Waals surface area contributed by atoms with Gasteiger partial charge < -0.3 is 15.2 Å². The van der Waals surface area contributed by atoms with Gasteiger partial charge in [0.2, 0.25) is 5.91 Å². The summed E-state index contributed by atoms with van der Waals surface area (Å²) in [6.07, 6.45) is 0.822. The second kappa shape index (κ2) is 4.95. The summed E-state index contributed by atoms with van der Waals surface area (Å²) < 4.78 is 5.20. The molecule has 2 N–H and O–H groups in total. The molecule has 14 heavy (non-hydrogen) atoms. The van der Waals surface area contributed by atoms with Crippen molar-refractivity contribution in [2.24, 2.45) is 0 Å². The van der Waals surface area contributed by atoms with Crippen LogP contribution in [-0.2, 0) is 14.3 Å². The topological polar surface area (TPSA) is 75.6 Å². The van der Waals surface area contributed by atoms with Crippen LogP contribution in [0.5, 0.6) is 0 Å². The van der Waals surface area contributed by atoms with Crippen LogP contribution in [0.1, 0.15) is 26.2 Å². The summed E-state index contributed by atoms with van der Waals surface area (Å²) in [6, 6.07) is 0. The zero-order valence-electron chi connectivity index (χ0n) is 8.16. The Morgan fingerprint density at radius 3 is 2.71 bits per heavy atom. The van der Waals surface area contributed by atoms with Crippen molar-refractivity contribution in [2.75, 3.05) is 6.54 Å². The molecule has 5 heteroatoms. The number of aliphatic carboxylic acids is 1. The molecule has 0 aromatic carbocycles. The van der Waals surface area contributed by atoms with E-state index in [1.54, 1.807) is 6.92 Å². The zero-order valence-corrected chi connectivity index (χ0v) is 8.16. The van der Waals surface area contributed by atoms with Gasteiger partial charge in [0, 0.05) is 13.0 Å². The Morgan fingerprint density at radius 1 is 1.50 bits per heavy atom. The Kier molecular flexibility index (Phi) is 3.88. The van der Waals surface area contributed by atoms with Gasteiger partial charge in [0.25, 0.3) is 0 Å². The molecule has 0 radical (unpaired) electrons. The highest BCUT2D eigenvalue weighted by atomic mass is 16.5. The third-order valence-corrected chi connectivity index (χ3v) is 2.23. The molecule has 0 saturated carbocycles. The molecule has 1 aliphatic heterocycles. The molecule has 5 nitrogen and oxygen atoms in total. The fourth-order valence-corrected chi connectivity index (χ4v) is 1.39. The average Bonchev–Trinajstić information content (AvgIpc) is 2.62. The van der Waals surface area contributed by atoms with E-state index in [2.05, 4.69) is 5.32 Å². The predicted octanol–water partition coefficient (Wildman–Crippen LogP) is 0.145. The second-order valence-corrected chi connectivity index (χ2v) is 3.32. The van der Waals surface area contributed by atoms with E-state index in [9.17, 15) is 9.59 Å². The van der Waals surface area contributed by atoms with Crippen molar-refractivity contribution in [3.63, 3.8) is 0 Å². The van der Waals surface area contributed by atoms with E-state index in [0.29, 0.717) is 25.8 Å². The van der Waals surface area contributed by atoms with Crippen molar-refractivity contribution >= 4 is 11.9 Å². The summed E-state index contributed by atoms with van der Waals surface area (Å²) in [5, 5.41) is 11.3. The second-order valence-electron chi connectivity index (χ2n) is 3.32. The molecule has 1 heterocycles. The number of nitrogens with one attached hydrogen (secondary N) is 1. The first kappa shape index (κ1) is 11.0. The van der Waals surface area contributed by atoms with E-state index in [1.165, 1.54) is 0 Å². The molecule has 0 bridgehead atoms. The maximum absolute atomic E-state index is 10.9. The number of amides is 1. The molecule has 1 fully saturated rings. The smallest absolute Gasteiger partial charge is 0.332 e. The molecule has 2 unspecified atom stereocenters. The van der Waals surface area contributed by atoms with Crippen molar-refractivity contribution < 1.29 is 19.4 Å². The molecule has 1 saturated heterocycles. The van der Waals surface area contributed by atoms with Crippen LogP contribution >= 0.6 is 0 Å². The molecular formula is C9H15NO4. The fourth-order valence-electron chi connectivity index (χ4n) is 1.39. The largest absolute Gasteiger partial charge is 0.479 e. The van der Waals surface area contributed by atoms with Crippen LogP contribution in [0.25, 0.3) is 0 Å². The Hall–Kier alpha value is -1.10. The van der Waals surface area contributed by atoms with E-state index in [0.717, 1.165) is 0 Å². The minimum absolute atomic E-state index is 0.0348. The average molecular weight is 201 g/mol. The number of ether oxygens (including phenoxy) is 1. The molecule has 0 aliphatic carbocycles. The number of carbonyl (C=O) groups excluding carboxylic acids is 1. The maximum Gasteiger partial charge on any atom is 0.332 e. The molecule has 80 valence electrons. The first-order chi connectivity index (χ1) is 6.63. The van der Waals surface area contributed by atoms with Gasteiger partial charge in [-0.1, -0.05) is 6.92 Å². The van der Waals surface area contributed by atoms with Crippen molar-refractivity contribution in [1.82, 2.24) is 5.32 Å². The normalized spacial score (nSPS) is 26.1. The van der Waals surface area contributed by atoms with Gasteiger partial charge in [0.1, 0.15) is 0 Å². The minimum atomic E-state index is -0.922. The molecule has 2 atom stereocenters. The first-order valence-electron chi connectivity index (χ1n) is 4.78. The zero-order chi connectivity index (χ0) is 10.6. The molecular weight excluding hydrogens is 186 g/mol. The monoisotopic (exact) mass is 201 g/mol. The Balaban J connectivity index is 2.22. The van der Waals surface area contributed by atoms with E-state index < -0.39 is 12.1 Å². The van der Waals surface area contributed by atoms with Gasteiger partial charge >= 0.3 is 5.97 Å². The molecule has 0 spiro atoms. The Labute approximate surface area is 82.4 Å². The van der Waals surface area contributed by atoms with Gasteiger partial charge in [-0.3, -0.25) is 4.79 Å². The van der Waals surface area contributed by atoms with Crippen molar-refractivity contribution in [3.05, 3.63) is 0 Å². The van der Waals surface area contributed by atoms with E-state index in [4.69, 9.17) is 9.84 Å². The van der Waals surface area contributed by atoms with Crippen LogP contribution in [0.2, 0.25) is 0 Å². The van der Waals surface area contributed by atoms with Gasteiger partial charge in [-0.15, -0.1) is 0 Å². The predicted molar refractivity (Wildman–Crippen MR) is 48.8 cm³/mol. The lowest BCUT2D eigenvalue weighted by Gasteiger charge is -2.11. The van der Waals surface area contributed by atoms with Crippen molar-refractivity contribution in [2.45, 2.75) is 38.4 Å². The third kappa shape index (κ3) is 2.99. The third-order valence-electron chi connectivity index (χ3n) is 2.23. The van der Waals surface area contributed by atoms with Gasteiger partial charge in [-0.2, -0.15) is 0 Å². The number of hydrogen-bond donors (Lipinski definition) is 2. The van der Waals surface area contributed by atoms with Crippen LogP contribution in [-0.4, -0.2) is 35.7 Å². The van der Waals surface area contributed by atoms with Crippen LogP contribution in [0, 0.1) is 0 Å². The summed E-state index contributed by atoms with van der Waals surface area (Å²) in [5.74, 6) is -0.957. The molecule has 0 aromatic rings. The summed E-state index contributed by atoms with van der Waals surface area (Å²) in [4.78, 5) is 21.4. The minimum Gasteiger partial charge on any atom is -0.479 e. The van der Waals surface area contributed by atoms with Crippen LogP contribution in [0.4, 0.5) is 0 Å². The van der Waals surface area contributed by atoms with Crippen LogP contribution in [0.15, 0.2) is 0 Å². The molecule has 1 rings (SSSR count). The van der Waals surface area contributed by atoms with Crippen molar-refractivity contribution in [1.29, 1.82) is 0 Å². The number of carbonyl (C=O) groups is 2. The van der Waals surface area contributed by atoms with Crippen molar-refractivity contribution in [3.8, 4) is 0 Å². The quantitative estimate of drug-likeness (QED) is 0.678. The van der Waals surface area contributed by atoms with E-state index >= 15 is 0 Å². The van der Waals surface area contributed by atoms with E-state index in [-0.39, 0.29) is 12.0 Å². The van der Waals surface area contributed by atoms with Gasteiger partial charge in [-0.25, -0.2) is 4.79 Å². The number of hydrogen-bond acceptors (Lipinski definition) is 3.